The SMILES string of the molecule is CCC(CC)NS(=O)(=O)c1ccc(N(C)Cc2ccc(C#N)cc2)nc1. The monoisotopic (exact) mass is 372 g/mol. The first-order valence-electron chi connectivity index (χ1n) is 8.58. The van der Waals surface area contributed by atoms with Gasteiger partial charge in [-0.25, -0.2) is 18.1 Å². The van der Waals surface area contributed by atoms with Gasteiger partial charge < -0.3 is 4.90 Å². The number of aromatic nitrogens is 1. The van der Waals surface area contributed by atoms with Gasteiger partial charge >= 0.3 is 0 Å². The Hall–Kier alpha value is -2.43. The molecule has 2 aromatic rings. The van der Waals surface area contributed by atoms with E-state index in [4.69, 9.17) is 5.26 Å². The zero-order valence-corrected chi connectivity index (χ0v) is 16.1. The van der Waals surface area contributed by atoms with Gasteiger partial charge in [0.15, 0.2) is 0 Å². The molecule has 138 valence electrons. The van der Waals surface area contributed by atoms with E-state index in [1.807, 2.05) is 37.9 Å². The highest BCUT2D eigenvalue weighted by Gasteiger charge is 2.18. The second-order valence-electron chi connectivity index (χ2n) is 6.15. The van der Waals surface area contributed by atoms with Crippen molar-refractivity contribution >= 4 is 15.8 Å². The second kappa shape index (κ2) is 8.79. The summed E-state index contributed by atoms with van der Waals surface area (Å²) >= 11 is 0. The lowest BCUT2D eigenvalue weighted by Gasteiger charge is -2.19. The zero-order chi connectivity index (χ0) is 19.2. The van der Waals surface area contributed by atoms with Gasteiger partial charge in [0.25, 0.3) is 0 Å². The lowest BCUT2D eigenvalue weighted by Crippen LogP contribution is -2.33. The molecule has 0 aliphatic rings. The molecule has 0 amide bonds. The quantitative estimate of drug-likeness (QED) is 0.770. The molecule has 0 fully saturated rings. The number of rotatable bonds is 8. The first-order valence-corrected chi connectivity index (χ1v) is 10.1. The summed E-state index contributed by atoms with van der Waals surface area (Å²) in [5.41, 5.74) is 1.66. The molecule has 1 aromatic heterocycles. The van der Waals surface area contributed by atoms with Crippen LogP contribution in [0.2, 0.25) is 0 Å². The number of nitrogens with one attached hydrogen (secondary N) is 1. The molecule has 0 unspecified atom stereocenters. The van der Waals surface area contributed by atoms with E-state index in [9.17, 15) is 8.42 Å². The topological polar surface area (TPSA) is 86.1 Å². The summed E-state index contributed by atoms with van der Waals surface area (Å²) in [6.45, 7) is 4.52. The number of anilines is 1. The number of benzene rings is 1. The molecule has 7 heteroatoms. The van der Waals surface area contributed by atoms with Crippen LogP contribution in [0.15, 0.2) is 47.5 Å². The van der Waals surface area contributed by atoms with Gasteiger partial charge in [-0.2, -0.15) is 5.26 Å². The van der Waals surface area contributed by atoms with Crippen molar-refractivity contribution in [2.75, 3.05) is 11.9 Å². The number of hydrogen-bond acceptors (Lipinski definition) is 5. The summed E-state index contributed by atoms with van der Waals surface area (Å²) in [5, 5.41) is 8.84. The first kappa shape index (κ1) is 19.9. The van der Waals surface area contributed by atoms with Gasteiger partial charge in [-0.05, 0) is 42.7 Å². The first-order chi connectivity index (χ1) is 12.4. The fourth-order valence-corrected chi connectivity index (χ4v) is 3.89. The van der Waals surface area contributed by atoms with Crippen molar-refractivity contribution in [3.05, 3.63) is 53.7 Å². The predicted octanol–water partition coefficient (Wildman–Crippen LogP) is 3.06. The highest BCUT2D eigenvalue weighted by Crippen LogP contribution is 2.17. The van der Waals surface area contributed by atoms with E-state index in [1.54, 1.807) is 24.3 Å². The molecule has 2 rings (SSSR count). The van der Waals surface area contributed by atoms with E-state index in [-0.39, 0.29) is 10.9 Å². The van der Waals surface area contributed by atoms with Crippen LogP contribution in [0.5, 0.6) is 0 Å². The van der Waals surface area contributed by atoms with Crippen molar-refractivity contribution in [1.82, 2.24) is 9.71 Å². The van der Waals surface area contributed by atoms with Gasteiger partial charge in [0.05, 0.1) is 11.6 Å². The Morgan fingerprint density at radius 1 is 1.15 bits per heavy atom. The molecule has 0 aliphatic carbocycles. The fraction of sp³-hybridized carbons (Fsp3) is 0.368. The molecule has 0 aliphatic heterocycles. The number of pyridine rings is 1. The zero-order valence-electron chi connectivity index (χ0n) is 15.3. The van der Waals surface area contributed by atoms with Crippen LogP contribution in [0.1, 0.15) is 37.8 Å². The van der Waals surface area contributed by atoms with E-state index in [1.165, 1.54) is 6.20 Å². The number of nitriles is 1. The van der Waals surface area contributed by atoms with Crippen molar-refractivity contribution in [3.63, 3.8) is 0 Å². The summed E-state index contributed by atoms with van der Waals surface area (Å²) < 4.78 is 27.5. The fourth-order valence-electron chi connectivity index (χ4n) is 2.54. The van der Waals surface area contributed by atoms with Crippen molar-refractivity contribution < 1.29 is 8.42 Å². The Balaban J connectivity index is 2.09. The molecule has 26 heavy (non-hydrogen) atoms. The Kier molecular flexibility index (Phi) is 6.72. The van der Waals surface area contributed by atoms with Crippen LogP contribution in [0.25, 0.3) is 0 Å². The molecule has 1 heterocycles. The third-order valence-corrected chi connectivity index (χ3v) is 5.74. The van der Waals surface area contributed by atoms with Gasteiger partial charge in [0.1, 0.15) is 10.7 Å². The maximum atomic E-state index is 12.4. The summed E-state index contributed by atoms with van der Waals surface area (Å²) in [5.74, 6) is 0.677. The minimum absolute atomic E-state index is 0.0706. The molecule has 1 aromatic carbocycles. The maximum Gasteiger partial charge on any atom is 0.242 e. The Bertz CT molecular complexity index is 852. The second-order valence-corrected chi connectivity index (χ2v) is 7.87. The number of nitrogens with zero attached hydrogens (tertiary/aromatic N) is 3. The molecule has 6 nitrogen and oxygen atoms in total. The standard InChI is InChI=1S/C19H24N4O2S/c1-4-17(5-2)22-26(24,25)18-10-11-19(21-13-18)23(3)14-16-8-6-15(12-20)7-9-16/h6-11,13,17,22H,4-5,14H2,1-3H3. The molecular formula is C19H24N4O2S. The van der Waals surface area contributed by atoms with Crippen LogP contribution < -0.4 is 9.62 Å². The van der Waals surface area contributed by atoms with Crippen LogP contribution in [0, 0.1) is 11.3 Å². The van der Waals surface area contributed by atoms with Crippen LogP contribution in [-0.2, 0) is 16.6 Å². The van der Waals surface area contributed by atoms with Crippen molar-refractivity contribution in [2.45, 2.75) is 44.2 Å². The molecule has 0 atom stereocenters. The van der Waals surface area contributed by atoms with Crippen LogP contribution in [0.4, 0.5) is 5.82 Å². The van der Waals surface area contributed by atoms with E-state index < -0.39 is 10.0 Å². The average Bonchev–Trinajstić information content (AvgIpc) is 2.66. The lowest BCUT2D eigenvalue weighted by atomic mass is 10.1. The lowest BCUT2D eigenvalue weighted by molar-refractivity contribution is 0.530. The van der Waals surface area contributed by atoms with Crippen LogP contribution >= 0.6 is 0 Å². The van der Waals surface area contributed by atoms with Gasteiger partial charge in [-0.3, -0.25) is 0 Å². The van der Waals surface area contributed by atoms with Crippen LogP contribution in [-0.4, -0.2) is 26.5 Å². The van der Waals surface area contributed by atoms with Gasteiger partial charge in [0, 0.05) is 25.8 Å². The van der Waals surface area contributed by atoms with Crippen molar-refractivity contribution in [3.8, 4) is 6.07 Å². The highest BCUT2D eigenvalue weighted by atomic mass is 32.2. The largest absolute Gasteiger partial charge is 0.355 e. The number of sulfonamides is 1. The highest BCUT2D eigenvalue weighted by molar-refractivity contribution is 7.89. The minimum Gasteiger partial charge on any atom is -0.355 e. The Morgan fingerprint density at radius 2 is 1.81 bits per heavy atom. The number of hydrogen-bond donors (Lipinski definition) is 1. The molecule has 0 bridgehead atoms. The molecule has 0 spiro atoms. The average molecular weight is 372 g/mol. The smallest absolute Gasteiger partial charge is 0.242 e. The third-order valence-electron chi connectivity index (χ3n) is 4.23. The predicted molar refractivity (Wildman–Crippen MR) is 102 cm³/mol. The molecule has 0 radical (unpaired) electrons. The van der Waals surface area contributed by atoms with E-state index >= 15 is 0 Å². The Morgan fingerprint density at radius 3 is 2.31 bits per heavy atom. The van der Waals surface area contributed by atoms with Crippen LogP contribution in [0.3, 0.4) is 0 Å². The van der Waals surface area contributed by atoms with E-state index in [0.717, 1.165) is 18.4 Å². The summed E-state index contributed by atoms with van der Waals surface area (Å²) in [7, 11) is -1.67. The summed E-state index contributed by atoms with van der Waals surface area (Å²) in [6, 6.07) is 12.6. The van der Waals surface area contributed by atoms with Crippen molar-refractivity contribution in [1.29, 1.82) is 5.26 Å². The van der Waals surface area contributed by atoms with Gasteiger partial charge in [-0.15, -0.1) is 0 Å². The molecule has 0 saturated carbocycles. The molecule has 1 N–H and O–H groups in total. The minimum atomic E-state index is -3.55. The van der Waals surface area contributed by atoms with Gasteiger partial charge in [-0.1, -0.05) is 26.0 Å². The van der Waals surface area contributed by atoms with Gasteiger partial charge in [0.2, 0.25) is 10.0 Å². The third kappa shape index (κ3) is 5.04. The van der Waals surface area contributed by atoms with E-state index in [2.05, 4.69) is 15.8 Å². The molecule has 0 saturated heterocycles. The molecular weight excluding hydrogens is 348 g/mol. The van der Waals surface area contributed by atoms with Crippen molar-refractivity contribution in [2.24, 2.45) is 0 Å². The Labute approximate surface area is 155 Å². The summed E-state index contributed by atoms with van der Waals surface area (Å²) in [6.07, 6.45) is 2.87. The van der Waals surface area contributed by atoms with E-state index in [0.29, 0.717) is 17.9 Å². The summed E-state index contributed by atoms with van der Waals surface area (Å²) in [4.78, 5) is 6.38. The normalized spacial score (nSPS) is 11.3. The maximum absolute atomic E-state index is 12.4.